The third-order valence-corrected chi connectivity index (χ3v) is 5.64. The lowest BCUT2D eigenvalue weighted by atomic mass is 9.86. The number of hydrogen-bond donors (Lipinski definition) is 3. The van der Waals surface area contributed by atoms with E-state index in [4.69, 9.17) is 16.7 Å². The maximum absolute atomic E-state index is 12.4. The quantitative estimate of drug-likeness (QED) is 0.449. The van der Waals surface area contributed by atoms with E-state index in [-0.39, 0.29) is 18.4 Å². The molecule has 0 aliphatic heterocycles. The number of benzene rings is 2. The second-order valence-electron chi connectivity index (χ2n) is 7.18. The zero-order chi connectivity index (χ0) is 22.3. The summed E-state index contributed by atoms with van der Waals surface area (Å²) < 4.78 is 0.936. The molecular formula is C22H23BrClNO5. The summed E-state index contributed by atoms with van der Waals surface area (Å²) in [4.78, 5) is 34.6. The lowest BCUT2D eigenvalue weighted by Gasteiger charge is -2.26. The Hall–Kier alpha value is -2.38. The number of carboxylic acid groups (broad SMARTS) is 2. The van der Waals surface area contributed by atoms with E-state index in [2.05, 4.69) is 21.2 Å². The number of nitrogens with one attached hydrogen (secondary N) is 1. The van der Waals surface area contributed by atoms with Crippen molar-refractivity contribution in [3.63, 3.8) is 0 Å². The van der Waals surface area contributed by atoms with Crippen molar-refractivity contribution in [2.45, 2.75) is 38.1 Å². The Balaban J connectivity index is 2.16. The van der Waals surface area contributed by atoms with Crippen molar-refractivity contribution in [1.82, 2.24) is 5.32 Å². The minimum absolute atomic E-state index is 0.0778. The third kappa shape index (κ3) is 7.46. The molecule has 0 spiro atoms. The van der Waals surface area contributed by atoms with Gasteiger partial charge in [0.05, 0.1) is 12.3 Å². The second-order valence-corrected chi connectivity index (χ2v) is 8.53. The van der Waals surface area contributed by atoms with Crippen LogP contribution >= 0.6 is 27.5 Å². The summed E-state index contributed by atoms with van der Waals surface area (Å²) in [6.45, 7) is 1.85. The fourth-order valence-corrected chi connectivity index (χ4v) is 3.65. The Morgan fingerprint density at radius 2 is 1.60 bits per heavy atom. The Labute approximate surface area is 188 Å². The number of carbonyl (C=O) groups excluding carboxylic acids is 1. The van der Waals surface area contributed by atoms with Crippen LogP contribution in [0.2, 0.25) is 5.02 Å². The number of aliphatic carboxylic acids is 2. The molecule has 0 bridgehead atoms. The average molecular weight is 497 g/mol. The maximum atomic E-state index is 12.4. The molecule has 2 aromatic carbocycles. The van der Waals surface area contributed by atoms with Gasteiger partial charge < -0.3 is 15.5 Å². The first-order valence-corrected chi connectivity index (χ1v) is 10.6. The molecule has 30 heavy (non-hydrogen) atoms. The lowest BCUT2D eigenvalue weighted by Crippen LogP contribution is -2.39. The van der Waals surface area contributed by atoms with E-state index in [1.165, 1.54) is 0 Å². The molecule has 0 aliphatic rings. The summed E-state index contributed by atoms with van der Waals surface area (Å²) in [6.07, 6.45) is -0.351. The van der Waals surface area contributed by atoms with Crippen LogP contribution in [0.4, 0.5) is 0 Å². The minimum Gasteiger partial charge on any atom is -0.481 e. The van der Waals surface area contributed by atoms with E-state index in [0.29, 0.717) is 11.4 Å². The summed E-state index contributed by atoms with van der Waals surface area (Å²) in [5.74, 6) is -4.39. The molecule has 0 radical (unpaired) electrons. The van der Waals surface area contributed by atoms with Crippen LogP contribution in [0.3, 0.4) is 0 Å². The maximum Gasteiger partial charge on any atom is 0.307 e. The first-order valence-electron chi connectivity index (χ1n) is 9.39. The number of carbonyl (C=O) groups is 3. The van der Waals surface area contributed by atoms with E-state index < -0.39 is 30.2 Å². The van der Waals surface area contributed by atoms with Gasteiger partial charge in [0.2, 0.25) is 5.91 Å². The number of rotatable bonds is 10. The predicted molar refractivity (Wildman–Crippen MR) is 118 cm³/mol. The molecule has 3 atom stereocenters. The summed E-state index contributed by atoms with van der Waals surface area (Å²) in [6, 6.07) is 14.9. The highest BCUT2D eigenvalue weighted by Gasteiger charge is 2.27. The predicted octanol–water partition coefficient (Wildman–Crippen LogP) is 4.50. The van der Waals surface area contributed by atoms with Crippen molar-refractivity contribution >= 4 is 45.4 Å². The van der Waals surface area contributed by atoms with Gasteiger partial charge in [-0.25, -0.2) is 0 Å². The van der Waals surface area contributed by atoms with E-state index in [9.17, 15) is 19.5 Å². The number of halogens is 2. The van der Waals surface area contributed by atoms with Crippen molar-refractivity contribution in [3.8, 4) is 0 Å². The molecule has 0 saturated carbocycles. The largest absolute Gasteiger partial charge is 0.481 e. The smallest absolute Gasteiger partial charge is 0.307 e. The van der Waals surface area contributed by atoms with Crippen LogP contribution in [0.1, 0.15) is 36.8 Å². The standard InChI is InChI=1S/C22H23BrClNO5/c1-13(25-20(26)11-16(22(29)30)12-21(27)28)19(15-4-6-17(23)7-5-15)10-14-2-8-18(24)9-3-14/h2-9,13,16,19H,10-12H2,1H3,(H,25,26)(H,27,28)(H,29,30). The lowest BCUT2D eigenvalue weighted by molar-refractivity contribution is -0.149. The van der Waals surface area contributed by atoms with Crippen LogP contribution in [0.15, 0.2) is 53.0 Å². The van der Waals surface area contributed by atoms with Crippen molar-refractivity contribution in [1.29, 1.82) is 0 Å². The highest BCUT2D eigenvalue weighted by molar-refractivity contribution is 9.10. The fourth-order valence-electron chi connectivity index (χ4n) is 3.26. The number of hydrogen-bond acceptors (Lipinski definition) is 3. The minimum atomic E-state index is -1.30. The average Bonchev–Trinajstić information content (AvgIpc) is 2.67. The van der Waals surface area contributed by atoms with E-state index >= 15 is 0 Å². The Bertz CT molecular complexity index is 885. The molecule has 6 nitrogen and oxygen atoms in total. The summed E-state index contributed by atoms with van der Waals surface area (Å²) in [7, 11) is 0. The topological polar surface area (TPSA) is 104 Å². The van der Waals surface area contributed by atoms with Gasteiger partial charge in [-0.3, -0.25) is 14.4 Å². The summed E-state index contributed by atoms with van der Waals surface area (Å²) >= 11 is 9.39. The Morgan fingerprint density at radius 1 is 1.00 bits per heavy atom. The highest BCUT2D eigenvalue weighted by atomic mass is 79.9. The van der Waals surface area contributed by atoms with Crippen molar-refractivity contribution in [2.75, 3.05) is 0 Å². The molecule has 3 N–H and O–H groups in total. The van der Waals surface area contributed by atoms with Gasteiger partial charge in [-0.05, 0) is 48.7 Å². The molecular weight excluding hydrogens is 474 g/mol. The zero-order valence-corrected chi connectivity index (χ0v) is 18.7. The van der Waals surface area contributed by atoms with Crippen LogP contribution in [0.5, 0.6) is 0 Å². The molecule has 0 heterocycles. The normalized spacial score (nSPS) is 13.8. The van der Waals surface area contributed by atoms with E-state index in [1.54, 1.807) is 0 Å². The summed E-state index contributed by atoms with van der Waals surface area (Å²) in [5.41, 5.74) is 2.06. The molecule has 8 heteroatoms. The van der Waals surface area contributed by atoms with Crippen molar-refractivity contribution < 1.29 is 24.6 Å². The molecule has 0 aliphatic carbocycles. The van der Waals surface area contributed by atoms with Gasteiger partial charge in [0, 0.05) is 27.9 Å². The fraction of sp³-hybridized carbons (Fsp3) is 0.318. The second kappa shape index (κ2) is 11.1. The number of amides is 1. The number of carboxylic acids is 2. The molecule has 0 saturated heterocycles. The first kappa shape index (κ1) is 23.9. The highest BCUT2D eigenvalue weighted by Crippen LogP contribution is 2.27. The van der Waals surface area contributed by atoms with Gasteiger partial charge >= 0.3 is 11.9 Å². The van der Waals surface area contributed by atoms with Gasteiger partial charge in [0.25, 0.3) is 0 Å². The molecule has 2 rings (SSSR count). The molecule has 2 aromatic rings. The van der Waals surface area contributed by atoms with Crippen LogP contribution in [0.25, 0.3) is 0 Å². The Kier molecular flexibility index (Phi) is 8.87. The van der Waals surface area contributed by atoms with Gasteiger partial charge in [0.15, 0.2) is 0 Å². The van der Waals surface area contributed by atoms with Gasteiger partial charge in [-0.1, -0.05) is 51.8 Å². The monoisotopic (exact) mass is 495 g/mol. The summed E-state index contributed by atoms with van der Waals surface area (Å²) in [5, 5.41) is 21.5. The van der Waals surface area contributed by atoms with Crippen molar-refractivity contribution in [2.24, 2.45) is 5.92 Å². The van der Waals surface area contributed by atoms with Gasteiger partial charge in [-0.2, -0.15) is 0 Å². The van der Waals surface area contributed by atoms with Crippen LogP contribution < -0.4 is 5.32 Å². The van der Waals surface area contributed by atoms with E-state index in [1.807, 2.05) is 55.5 Å². The van der Waals surface area contributed by atoms with Crippen molar-refractivity contribution in [3.05, 3.63) is 69.2 Å². The third-order valence-electron chi connectivity index (χ3n) is 4.86. The van der Waals surface area contributed by atoms with E-state index in [0.717, 1.165) is 15.6 Å². The van der Waals surface area contributed by atoms with Crippen LogP contribution in [-0.4, -0.2) is 34.1 Å². The Morgan fingerprint density at radius 3 is 2.13 bits per heavy atom. The molecule has 3 unspecified atom stereocenters. The zero-order valence-electron chi connectivity index (χ0n) is 16.3. The van der Waals surface area contributed by atoms with Gasteiger partial charge in [0.1, 0.15) is 0 Å². The molecule has 0 fully saturated rings. The van der Waals surface area contributed by atoms with Crippen LogP contribution in [0, 0.1) is 5.92 Å². The molecule has 0 aromatic heterocycles. The molecule has 1 amide bonds. The van der Waals surface area contributed by atoms with Crippen LogP contribution in [-0.2, 0) is 20.8 Å². The first-order chi connectivity index (χ1) is 14.2. The SMILES string of the molecule is CC(NC(=O)CC(CC(=O)O)C(=O)O)C(Cc1ccc(Cl)cc1)c1ccc(Br)cc1. The molecule has 160 valence electrons. The van der Waals surface area contributed by atoms with Gasteiger partial charge in [-0.15, -0.1) is 0 Å².